The maximum Gasteiger partial charge on any atom is 0.230 e. The highest BCUT2D eigenvalue weighted by atomic mass is 16.5. The van der Waals surface area contributed by atoms with Gasteiger partial charge in [-0.2, -0.15) is 0 Å². The molecule has 2 rings (SSSR count). The lowest BCUT2D eigenvalue weighted by atomic mass is 10.1. The van der Waals surface area contributed by atoms with Gasteiger partial charge in [0.1, 0.15) is 18.5 Å². The fraction of sp³-hybridized carbons (Fsp3) is 0.579. The zero-order chi connectivity index (χ0) is 18.6. The molecule has 0 saturated carbocycles. The summed E-state index contributed by atoms with van der Waals surface area (Å²) < 4.78 is 11.3. The Kier molecular flexibility index (Phi) is 6.19. The molecule has 0 bridgehead atoms. The van der Waals surface area contributed by atoms with Crippen LogP contribution in [0.2, 0.25) is 0 Å². The number of aromatic nitrogens is 2. The van der Waals surface area contributed by atoms with Crippen LogP contribution in [0.15, 0.2) is 22.6 Å². The molecule has 0 spiro atoms. The number of benzene rings is 1. The van der Waals surface area contributed by atoms with Gasteiger partial charge < -0.3 is 14.3 Å². The summed E-state index contributed by atoms with van der Waals surface area (Å²) >= 11 is 0. The van der Waals surface area contributed by atoms with E-state index in [4.69, 9.17) is 9.15 Å². The minimum absolute atomic E-state index is 0.151. The van der Waals surface area contributed by atoms with Crippen molar-refractivity contribution >= 4 is 0 Å². The first kappa shape index (κ1) is 19.4. The standard InChI is InChI=1S/C19H29N3O3/c1-13-8-7-9-14(2)18(13)24-12-16(23)10-22(19(4,5)6)11-17-21-20-15(3)25-17/h7-9,16,23H,10-12H2,1-6H3. The average Bonchev–Trinajstić information content (AvgIpc) is 2.90. The van der Waals surface area contributed by atoms with Crippen LogP contribution in [-0.2, 0) is 6.54 Å². The second kappa shape index (κ2) is 7.97. The molecule has 1 unspecified atom stereocenters. The summed E-state index contributed by atoms with van der Waals surface area (Å²) in [7, 11) is 0. The van der Waals surface area contributed by atoms with Crippen molar-refractivity contribution in [2.24, 2.45) is 0 Å². The molecule has 25 heavy (non-hydrogen) atoms. The highest BCUT2D eigenvalue weighted by molar-refractivity contribution is 5.39. The van der Waals surface area contributed by atoms with E-state index in [1.165, 1.54) is 0 Å². The molecule has 0 fully saturated rings. The van der Waals surface area contributed by atoms with Crippen LogP contribution >= 0.6 is 0 Å². The van der Waals surface area contributed by atoms with Crippen molar-refractivity contribution in [3.63, 3.8) is 0 Å². The van der Waals surface area contributed by atoms with E-state index < -0.39 is 6.10 Å². The summed E-state index contributed by atoms with van der Waals surface area (Å²) in [6, 6.07) is 6.02. The van der Waals surface area contributed by atoms with Gasteiger partial charge in [0.05, 0.1) is 6.54 Å². The van der Waals surface area contributed by atoms with Gasteiger partial charge in [-0.3, -0.25) is 4.90 Å². The van der Waals surface area contributed by atoms with E-state index in [0.717, 1.165) is 16.9 Å². The van der Waals surface area contributed by atoms with Crippen molar-refractivity contribution in [1.29, 1.82) is 0 Å². The third-order valence-corrected chi connectivity index (χ3v) is 4.10. The number of rotatable bonds is 7. The van der Waals surface area contributed by atoms with E-state index in [0.29, 0.717) is 24.9 Å². The molecule has 1 heterocycles. The molecule has 1 aromatic carbocycles. The van der Waals surface area contributed by atoms with Crippen LogP contribution in [0.1, 0.15) is 43.7 Å². The second-order valence-electron chi connectivity index (χ2n) is 7.45. The van der Waals surface area contributed by atoms with Gasteiger partial charge in [-0.25, -0.2) is 0 Å². The maximum atomic E-state index is 10.5. The molecule has 0 amide bonds. The third kappa shape index (κ3) is 5.54. The van der Waals surface area contributed by atoms with Gasteiger partial charge in [0, 0.05) is 19.0 Å². The Morgan fingerprint density at radius 1 is 1.16 bits per heavy atom. The van der Waals surface area contributed by atoms with Crippen molar-refractivity contribution < 1.29 is 14.3 Å². The first-order chi connectivity index (χ1) is 11.7. The Morgan fingerprint density at radius 2 is 1.80 bits per heavy atom. The Hall–Kier alpha value is -1.92. The van der Waals surface area contributed by atoms with Crippen LogP contribution in [0.25, 0.3) is 0 Å². The van der Waals surface area contributed by atoms with Crippen LogP contribution in [0.3, 0.4) is 0 Å². The average molecular weight is 347 g/mol. The fourth-order valence-electron chi connectivity index (χ4n) is 2.65. The third-order valence-electron chi connectivity index (χ3n) is 4.10. The highest BCUT2D eigenvalue weighted by Gasteiger charge is 2.26. The van der Waals surface area contributed by atoms with E-state index in [9.17, 15) is 5.11 Å². The minimum atomic E-state index is -0.623. The molecule has 0 aliphatic rings. The molecule has 1 N–H and O–H groups in total. The first-order valence-corrected chi connectivity index (χ1v) is 8.58. The van der Waals surface area contributed by atoms with Crippen molar-refractivity contribution in [1.82, 2.24) is 15.1 Å². The molecule has 1 aromatic heterocycles. The molecule has 0 saturated heterocycles. The monoisotopic (exact) mass is 347 g/mol. The van der Waals surface area contributed by atoms with Crippen molar-refractivity contribution in [2.45, 2.75) is 59.7 Å². The second-order valence-corrected chi connectivity index (χ2v) is 7.45. The Labute approximate surface area is 149 Å². The molecule has 6 heteroatoms. The predicted octanol–water partition coefficient (Wildman–Crippen LogP) is 3.04. The van der Waals surface area contributed by atoms with E-state index in [1.807, 2.05) is 32.0 Å². The smallest absolute Gasteiger partial charge is 0.230 e. The zero-order valence-corrected chi connectivity index (χ0v) is 16.0. The van der Waals surface area contributed by atoms with Gasteiger partial charge >= 0.3 is 0 Å². The number of aryl methyl sites for hydroxylation is 3. The molecule has 2 aromatic rings. The van der Waals surface area contributed by atoms with Gasteiger partial charge in [-0.15, -0.1) is 10.2 Å². The maximum absolute atomic E-state index is 10.5. The summed E-state index contributed by atoms with van der Waals surface area (Å²) in [6.45, 7) is 13.2. The number of hydrogen-bond acceptors (Lipinski definition) is 6. The predicted molar refractivity (Wildman–Crippen MR) is 96.6 cm³/mol. The van der Waals surface area contributed by atoms with Crippen molar-refractivity contribution in [3.05, 3.63) is 41.1 Å². The number of aliphatic hydroxyl groups is 1. The normalized spacial score (nSPS) is 13.3. The first-order valence-electron chi connectivity index (χ1n) is 8.58. The van der Waals surface area contributed by atoms with E-state index in [-0.39, 0.29) is 12.1 Å². The summed E-state index contributed by atoms with van der Waals surface area (Å²) in [5.74, 6) is 1.94. The van der Waals surface area contributed by atoms with Gasteiger partial charge in [-0.05, 0) is 45.7 Å². The van der Waals surface area contributed by atoms with Crippen LogP contribution in [0.4, 0.5) is 0 Å². The lowest BCUT2D eigenvalue weighted by molar-refractivity contribution is 0.0238. The lowest BCUT2D eigenvalue weighted by Crippen LogP contribution is -2.46. The number of β-amino-alcohol motifs (C(OH)–C–C–N with tert-alkyl or cyclic N) is 1. The molecule has 6 nitrogen and oxygen atoms in total. The SMILES string of the molecule is Cc1nnc(CN(CC(O)COc2c(C)cccc2C)C(C)(C)C)o1. The lowest BCUT2D eigenvalue weighted by Gasteiger charge is -2.36. The highest BCUT2D eigenvalue weighted by Crippen LogP contribution is 2.23. The van der Waals surface area contributed by atoms with Crippen LogP contribution < -0.4 is 4.74 Å². The van der Waals surface area contributed by atoms with Crippen LogP contribution in [-0.4, -0.2) is 45.0 Å². The molecule has 0 aliphatic carbocycles. The largest absolute Gasteiger partial charge is 0.490 e. The van der Waals surface area contributed by atoms with E-state index in [2.05, 4.69) is 35.9 Å². The summed E-state index contributed by atoms with van der Waals surface area (Å²) in [5.41, 5.74) is 1.99. The molecule has 0 aliphatic heterocycles. The Balaban J connectivity index is 1.98. The zero-order valence-electron chi connectivity index (χ0n) is 16.0. The van der Waals surface area contributed by atoms with Gasteiger partial charge in [0.2, 0.25) is 11.8 Å². The number of ether oxygens (including phenoxy) is 1. The topological polar surface area (TPSA) is 71.6 Å². The number of hydrogen-bond donors (Lipinski definition) is 1. The molecule has 138 valence electrons. The quantitative estimate of drug-likeness (QED) is 0.830. The molecular formula is C19H29N3O3. The van der Waals surface area contributed by atoms with Crippen LogP contribution in [0, 0.1) is 20.8 Å². The Morgan fingerprint density at radius 3 is 2.32 bits per heavy atom. The van der Waals surface area contributed by atoms with E-state index >= 15 is 0 Å². The molecule has 1 atom stereocenters. The summed E-state index contributed by atoms with van der Waals surface area (Å²) in [4.78, 5) is 2.11. The van der Waals surface area contributed by atoms with Crippen molar-refractivity contribution in [2.75, 3.05) is 13.2 Å². The van der Waals surface area contributed by atoms with Gasteiger partial charge in [0.25, 0.3) is 0 Å². The van der Waals surface area contributed by atoms with Gasteiger partial charge in [0.15, 0.2) is 0 Å². The molecular weight excluding hydrogens is 318 g/mol. The fourth-order valence-corrected chi connectivity index (χ4v) is 2.65. The number of para-hydroxylation sites is 1. The minimum Gasteiger partial charge on any atom is -0.490 e. The van der Waals surface area contributed by atoms with Gasteiger partial charge in [-0.1, -0.05) is 18.2 Å². The van der Waals surface area contributed by atoms with E-state index in [1.54, 1.807) is 6.92 Å². The Bertz CT molecular complexity index is 671. The number of nitrogens with zero attached hydrogens (tertiary/aromatic N) is 3. The summed E-state index contributed by atoms with van der Waals surface area (Å²) in [6.07, 6.45) is -0.623. The molecule has 0 radical (unpaired) electrons. The summed E-state index contributed by atoms with van der Waals surface area (Å²) in [5, 5.41) is 18.4. The number of aliphatic hydroxyl groups excluding tert-OH is 1. The van der Waals surface area contributed by atoms with Crippen LogP contribution in [0.5, 0.6) is 5.75 Å². The van der Waals surface area contributed by atoms with Crippen molar-refractivity contribution in [3.8, 4) is 5.75 Å².